The predicted molar refractivity (Wildman–Crippen MR) is 111 cm³/mol. The molecule has 0 saturated carbocycles. The summed E-state index contributed by atoms with van der Waals surface area (Å²) in [6.07, 6.45) is -3.83. The third-order valence-electron chi connectivity index (χ3n) is 5.75. The highest BCUT2D eigenvalue weighted by Crippen LogP contribution is 2.35. The number of nitrogens with zero attached hydrogens (tertiary/aromatic N) is 3. The zero-order chi connectivity index (χ0) is 23.2. The van der Waals surface area contributed by atoms with Gasteiger partial charge in [-0.3, -0.25) is 9.58 Å². The Morgan fingerprint density at radius 1 is 1.28 bits per heavy atom. The summed E-state index contributed by atoms with van der Waals surface area (Å²) in [5.74, 6) is -1.49. The summed E-state index contributed by atoms with van der Waals surface area (Å²) < 4.78 is 61.0. The van der Waals surface area contributed by atoms with E-state index in [4.69, 9.17) is 11.6 Å². The average molecular weight is 470 g/mol. The highest BCUT2D eigenvalue weighted by Gasteiger charge is 2.35. The monoisotopic (exact) mass is 469 g/mol. The fraction of sp³-hybridized carbons (Fsp3) is 0.364. The number of halogens is 5. The first-order chi connectivity index (χ1) is 15.1. The van der Waals surface area contributed by atoms with Crippen LogP contribution >= 0.6 is 11.6 Å². The molecule has 1 unspecified atom stereocenters. The van der Waals surface area contributed by atoms with Gasteiger partial charge in [-0.2, -0.15) is 18.3 Å². The molecule has 0 spiro atoms. The van der Waals surface area contributed by atoms with Crippen molar-refractivity contribution in [3.63, 3.8) is 0 Å². The van der Waals surface area contributed by atoms with Crippen LogP contribution in [0.5, 0.6) is 0 Å². The van der Waals surface area contributed by atoms with E-state index >= 15 is 0 Å². The summed E-state index contributed by atoms with van der Waals surface area (Å²) in [4.78, 5) is 13.7. The maximum absolute atomic E-state index is 14.5. The molecule has 1 atom stereocenters. The van der Waals surface area contributed by atoms with Gasteiger partial charge in [0.1, 0.15) is 5.82 Å². The molecule has 4 rings (SSSR count). The van der Waals surface area contributed by atoms with Crippen molar-refractivity contribution >= 4 is 28.5 Å². The molecule has 0 bridgehead atoms. The maximum atomic E-state index is 14.5. The largest absolute Gasteiger partial charge is 0.465 e. The first-order valence-corrected chi connectivity index (χ1v) is 10.3. The van der Waals surface area contributed by atoms with E-state index in [1.165, 1.54) is 31.4 Å². The SMILES string of the molecule is COC(=O)c1cc2c(C)nn(C3CCN(Cc4cc(Cl)ccc4C(F)(F)F)C3)c2cc1F. The van der Waals surface area contributed by atoms with Crippen molar-refractivity contribution in [2.45, 2.75) is 32.1 Å². The number of ether oxygens (including phenoxy) is 1. The lowest BCUT2D eigenvalue weighted by molar-refractivity contribution is -0.138. The molecular formula is C22H20ClF4N3O2. The molecule has 1 aliphatic heterocycles. The molecule has 10 heteroatoms. The van der Waals surface area contributed by atoms with Gasteiger partial charge >= 0.3 is 12.1 Å². The molecule has 1 aromatic heterocycles. The second-order valence-corrected chi connectivity index (χ2v) is 8.28. The Labute approximate surface area is 186 Å². The van der Waals surface area contributed by atoms with E-state index in [9.17, 15) is 22.4 Å². The Bertz CT molecular complexity index is 1190. The fourth-order valence-corrected chi connectivity index (χ4v) is 4.42. The molecule has 32 heavy (non-hydrogen) atoms. The van der Waals surface area contributed by atoms with Crippen molar-refractivity contribution < 1.29 is 27.1 Å². The summed E-state index contributed by atoms with van der Waals surface area (Å²) in [6.45, 7) is 2.84. The molecule has 5 nitrogen and oxygen atoms in total. The third kappa shape index (κ3) is 4.19. The van der Waals surface area contributed by atoms with Crippen molar-refractivity contribution in [1.82, 2.24) is 14.7 Å². The van der Waals surface area contributed by atoms with Crippen LogP contribution in [-0.2, 0) is 17.5 Å². The molecule has 1 fully saturated rings. The van der Waals surface area contributed by atoms with Gasteiger partial charge in [0.05, 0.1) is 35.5 Å². The van der Waals surface area contributed by atoms with Gasteiger partial charge in [-0.05, 0) is 43.2 Å². The van der Waals surface area contributed by atoms with Crippen molar-refractivity contribution in [2.75, 3.05) is 20.2 Å². The van der Waals surface area contributed by atoms with Gasteiger partial charge < -0.3 is 4.74 Å². The zero-order valence-corrected chi connectivity index (χ0v) is 18.1. The lowest BCUT2D eigenvalue weighted by atomic mass is 10.1. The van der Waals surface area contributed by atoms with Gasteiger partial charge in [-0.1, -0.05) is 11.6 Å². The van der Waals surface area contributed by atoms with E-state index < -0.39 is 23.5 Å². The summed E-state index contributed by atoms with van der Waals surface area (Å²) >= 11 is 5.94. The van der Waals surface area contributed by atoms with E-state index in [0.717, 1.165) is 6.07 Å². The maximum Gasteiger partial charge on any atom is 0.416 e. The van der Waals surface area contributed by atoms with Gasteiger partial charge in [-0.25, -0.2) is 9.18 Å². The molecule has 1 aliphatic rings. The zero-order valence-electron chi connectivity index (χ0n) is 17.3. The van der Waals surface area contributed by atoms with Gasteiger partial charge in [0.2, 0.25) is 0 Å². The van der Waals surface area contributed by atoms with E-state index in [0.29, 0.717) is 36.1 Å². The standard InChI is InChI=1S/C22H20ClF4N3O2/c1-12-16-8-17(21(31)32-2)19(24)9-20(16)30(28-12)15-5-6-29(11-15)10-13-7-14(23)3-4-18(13)22(25,26)27/h3-4,7-9,15H,5-6,10-11H2,1-2H3. The van der Waals surface area contributed by atoms with E-state index in [1.807, 2.05) is 4.90 Å². The van der Waals surface area contributed by atoms with Crippen LogP contribution in [0.2, 0.25) is 5.02 Å². The number of fused-ring (bicyclic) bond motifs is 1. The topological polar surface area (TPSA) is 47.4 Å². The van der Waals surface area contributed by atoms with E-state index in [-0.39, 0.29) is 28.7 Å². The number of carbonyl (C=O) groups excluding carboxylic acids is 1. The summed E-state index contributed by atoms with van der Waals surface area (Å²) in [5.41, 5.74) is 0.386. The van der Waals surface area contributed by atoms with Crippen LogP contribution in [0.1, 0.15) is 39.6 Å². The number of likely N-dealkylation sites (tertiary alicyclic amines) is 1. The van der Waals surface area contributed by atoms with Crippen LogP contribution in [-0.4, -0.2) is 40.8 Å². The highest BCUT2D eigenvalue weighted by molar-refractivity contribution is 6.30. The number of methoxy groups -OCH3 is 1. The van der Waals surface area contributed by atoms with Crippen molar-refractivity contribution in [1.29, 1.82) is 0 Å². The van der Waals surface area contributed by atoms with Gasteiger partial charge in [0, 0.05) is 36.1 Å². The Morgan fingerprint density at radius 2 is 2.03 bits per heavy atom. The number of hydrogen-bond acceptors (Lipinski definition) is 4. The van der Waals surface area contributed by atoms with E-state index in [1.54, 1.807) is 11.6 Å². The first kappa shape index (κ1) is 22.5. The van der Waals surface area contributed by atoms with Crippen LogP contribution in [0, 0.1) is 12.7 Å². The number of hydrogen-bond donors (Lipinski definition) is 0. The van der Waals surface area contributed by atoms with Gasteiger partial charge in [0.15, 0.2) is 0 Å². The van der Waals surface area contributed by atoms with Crippen LogP contribution < -0.4 is 0 Å². The summed E-state index contributed by atoms with van der Waals surface area (Å²) in [6, 6.07) is 6.10. The Kier molecular flexibility index (Phi) is 5.89. The van der Waals surface area contributed by atoms with Crippen LogP contribution in [0.4, 0.5) is 17.6 Å². The molecule has 0 N–H and O–H groups in total. The molecule has 0 amide bonds. The van der Waals surface area contributed by atoms with Gasteiger partial charge in [-0.15, -0.1) is 0 Å². The van der Waals surface area contributed by atoms with Crippen LogP contribution in [0.25, 0.3) is 10.9 Å². The van der Waals surface area contributed by atoms with Crippen LogP contribution in [0.3, 0.4) is 0 Å². The first-order valence-electron chi connectivity index (χ1n) is 9.93. The molecule has 2 aromatic carbocycles. The number of aryl methyl sites for hydroxylation is 1. The summed E-state index contributed by atoms with van der Waals surface area (Å²) in [7, 11) is 1.18. The van der Waals surface area contributed by atoms with E-state index in [2.05, 4.69) is 9.84 Å². The number of rotatable bonds is 4. The van der Waals surface area contributed by atoms with Gasteiger partial charge in [0.25, 0.3) is 0 Å². The number of aromatic nitrogens is 2. The molecule has 2 heterocycles. The molecule has 1 saturated heterocycles. The molecular weight excluding hydrogens is 450 g/mol. The second kappa shape index (κ2) is 8.37. The minimum atomic E-state index is -4.47. The number of benzene rings is 2. The normalized spacial score (nSPS) is 17.3. The quantitative estimate of drug-likeness (QED) is 0.380. The molecule has 3 aromatic rings. The minimum Gasteiger partial charge on any atom is -0.465 e. The summed E-state index contributed by atoms with van der Waals surface area (Å²) in [5, 5.41) is 5.39. The van der Waals surface area contributed by atoms with Crippen molar-refractivity contribution in [2.24, 2.45) is 0 Å². The van der Waals surface area contributed by atoms with Crippen molar-refractivity contribution in [3.8, 4) is 0 Å². The molecule has 0 aliphatic carbocycles. The average Bonchev–Trinajstić information content (AvgIpc) is 3.30. The Hall–Kier alpha value is -2.65. The predicted octanol–water partition coefficient (Wildman–Crippen LogP) is 5.39. The smallest absolute Gasteiger partial charge is 0.416 e. The van der Waals surface area contributed by atoms with Crippen LogP contribution in [0.15, 0.2) is 30.3 Å². The molecule has 0 radical (unpaired) electrons. The van der Waals surface area contributed by atoms with Crippen molar-refractivity contribution in [3.05, 3.63) is 63.6 Å². The number of carbonyl (C=O) groups is 1. The molecule has 170 valence electrons. The Morgan fingerprint density at radius 3 is 2.72 bits per heavy atom. The lowest BCUT2D eigenvalue weighted by Gasteiger charge is -2.20. The number of esters is 1. The fourth-order valence-electron chi connectivity index (χ4n) is 4.22. The third-order valence-corrected chi connectivity index (χ3v) is 5.98. The Balaban J connectivity index is 1.60. The minimum absolute atomic E-state index is 0.0882. The second-order valence-electron chi connectivity index (χ2n) is 7.85. The number of alkyl halides is 3. The highest BCUT2D eigenvalue weighted by atomic mass is 35.5. The lowest BCUT2D eigenvalue weighted by Crippen LogP contribution is -2.23.